The zero-order valence-corrected chi connectivity index (χ0v) is 17.9. The Morgan fingerprint density at radius 2 is 1.84 bits per heavy atom. The number of carbonyl (C=O) groups is 1. The van der Waals surface area contributed by atoms with E-state index in [-0.39, 0.29) is 19.1 Å². The molecule has 3 aromatic rings. The summed E-state index contributed by atoms with van der Waals surface area (Å²) < 4.78 is 11.2. The first-order valence-corrected chi connectivity index (χ1v) is 10.6. The number of aliphatic hydroxyl groups excluding tert-OH is 1. The number of hydrogen-bond acceptors (Lipinski definition) is 5. The van der Waals surface area contributed by atoms with Crippen molar-refractivity contribution in [3.05, 3.63) is 93.7 Å². The van der Waals surface area contributed by atoms with Crippen molar-refractivity contribution in [1.29, 1.82) is 0 Å². The molecule has 6 nitrogen and oxygen atoms in total. The SMILES string of the molecule is CN(C(=O)COC1=Cc2oc(=O)cc(-c3ccccc3)c2CC1)c1ccc(CCO)cc1. The van der Waals surface area contributed by atoms with Gasteiger partial charge in [0.15, 0.2) is 6.61 Å². The van der Waals surface area contributed by atoms with E-state index in [4.69, 9.17) is 14.3 Å². The second-order valence-corrected chi connectivity index (χ2v) is 7.68. The lowest BCUT2D eigenvalue weighted by atomic mass is 9.93. The van der Waals surface area contributed by atoms with Gasteiger partial charge in [0.1, 0.15) is 11.5 Å². The minimum Gasteiger partial charge on any atom is -0.488 e. The monoisotopic (exact) mass is 431 g/mol. The van der Waals surface area contributed by atoms with Gasteiger partial charge in [-0.15, -0.1) is 0 Å². The number of nitrogens with zero attached hydrogens (tertiary/aromatic N) is 1. The number of rotatable bonds is 7. The van der Waals surface area contributed by atoms with Crippen LogP contribution < -0.4 is 10.5 Å². The van der Waals surface area contributed by atoms with E-state index in [1.807, 2.05) is 54.6 Å². The van der Waals surface area contributed by atoms with Crippen molar-refractivity contribution in [1.82, 2.24) is 0 Å². The Kier molecular flexibility index (Phi) is 6.52. The van der Waals surface area contributed by atoms with Crippen LogP contribution in [-0.2, 0) is 22.4 Å². The highest BCUT2D eigenvalue weighted by Crippen LogP contribution is 2.32. The maximum atomic E-state index is 12.6. The number of fused-ring (bicyclic) bond motifs is 1. The van der Waals surface area contributed by atoms with Gasteiger partial charge in [-0.2, -0.15) is 0 Å². The van der Waals surface area contributed by atoms with Crippen LogP contribution >= 0.6 is 0 Å². The van der Waals surface area contributed by atoms with Crippen molar-refractivity contribution in [2.45, 2.75) is 19.3 Å². The minimum absolute atomic E-state index is 0.0904. The number of allylic oxidation sites excluding steroid dienone is 1. The van der Waals surface area contributed by atoms with Gasteiger partial charge in [0.05, 0.1) is 0 Å². The van der Waals surface area contributed by atoms with Crippen LogP contribution in [0, 0.1) is 0 Å². The molecule has 1 aliphatic carbocycles. The first-order valence-electron chi connectivity index (χ1n) is 10.6. The number of hydrogen-bond donors (Lipinski definition) is 1. The molecule has 1 aromatic heterocycles. The number of amides is 1. The van der Waals surface area contributed by atoms with Crippen molar-refractivity contribution in [2.24, 2.45) is 0 Å². The van der Waals surface area contributed by atoms with E-state index >= 15 is 0 Å². The number of aliphatic hydroxyl groups is 1. The second kappa shape index (κ2) is 9.66. The van der Waals surface area contributed by atoms with Crippen LogP contribution in [0.15, 0.2) is 75.6 Å². The van der Waals surface area contributed by atoms with Crippen LogP contribution in [0.1, 0.15) is 23.3 Å². The zero-order valence-electron chi connectivity index (χ0n) is 17.9. The third kappa shape index (κ3) is 4.81. The molecule has 0 radical (unpaired) electrons. The van der Waals surface area contributed by atoms with E-state index in [0.29, 0.717) is 30.8 Å². The maximum Gasteiger partial charge on any atom is 0.336 e. The number of carbonyl (C=O) groups excluding carboxylic acids is 1. The topological polar surface area (TPSA) is 80.0 Å². The number of likely N-dealkylation sites (N-methyl/N-ethyl adjacent to an activating group) is 1. The van der Waals surface area contributed by atoms with Gasteiger partial charge >= 0.3 is 5.63 Å². The third-order valence-electron chi connectivity index (χ3n) is 5.57. The predicted octanol–water partition coefficient (Wildman–Crippen LogP) is 3.81. The van der Waals surface area contributed by atoms with Gasteiger partial charge < -0.3 is 19.2 Å². The van der Waals surface area contributed by atoms with Crippen LogP contribution in [0.5, 0.6) is 0 Å². The van der Waals surface area contributed by atoms with Crippen LogP contribution in [0.2, 0.25) is 0 Å². The van der Waals surface area contributed by atoms with Gasteiger partial charge in [-0.3, -0.25) is 4.79 Å². The van der Waals surface area contributed by atoms with E-state index in [2.05, 4.69) is 0 Å². The molecule has 0 saturated heterocycles. The molecule has 1 amide bonds. The van der Waals surface area contributed by atoms with Gasteiger partial charge in [0, 0.05) is 43.5 Å². The van der Waals surface area contributed by atoms with Gasteiger partial charge in [0.2, 0.25) is 0 Å². The molecule has 164 valence electrons. The average molecular weight is 431 g/mol. The molecule has 4 rings (SSSR count). The summed E-state index contributed by atoms with van der Waals surface area (Å²) in [7, 11) is 1.70. The molecular weight excluding hydrogens is 406 g/mol. The molecule has 1 aliphatic rings. The third-order valence-corrected chi connectivity index (χ3v) is 5.57. The van der Waals surface area contributed by atoms with E-state index in [1.54, 1.807) is 13.1 Å². The van der Waals surface area contributed by atoms with Crippen molar-refractivity contribution in [2.75, 3.05) is 25.2 Å². The molecule has 1 N–H and O–H groups in total. The summed E-state index contributed by atoms with van der Waals surface area (Å²) in [5.41, 5.74) is 4.15. The molecule has 32 heavy (non-hydrogen) atoms. The Balaban J connectivity index is 1.46. The smallest absolute Gasteiger partial charge is 0.336 e. The Labute approximate surface area is 186 Å². The van der Waals surface area contributed by atoms with Crippen LogP contribution in [0.3, 0.4) is 0 Å². The minimum atomic E-state index is -0.416. The molecule has 2 aromatic carbocycles. The highest BCUT2D eigenvalue weighted by molar-refractivity contribution is 5.93. The number of ether oxygens (including phenoxy) is 1. The van der Waals surface area contributed by atoms with Gasteiger partial charge in [-0.1, -0.05) is 42.5 Å². The van der Waals surface area contributed by atoms with Crippen LogP contribution in [0.25, 0.3) is 17.2 Å². The quantitative estimate of drug-likeness (QED) is 0.615. The lowest BCUT2D eigenvalue weighted by Crippen LogP contribution is -2.30. The molecule has 0 fully saturated rings. The molecule has 0 spiro atoms. The molecule has 6 heteroatoms. The second-order valence-electron chi connectivity index (χ2n) is 7.68. The fourth-order valence-electron chi connectivity index (χ4n) is 3.78. The highest BCUT2D eigenvalue weighted by atomic mass is 16.5. The molecule has 0 atom stereocenters. The first kappa shape index (κ1) is 21.6. The largest absolute Gasteiger partial charge is 0.488 e. The van der Waals surface area contributed by atoms with E-state index in [1.165, 1.54) is 11.0 Å². The van der Waals surface area contributed by atoms with E-state index in [0.717, 1.165) is 27.9 Å². The number of benzene rings is 2. The van der Waals surface area contributed by atoms with Gasteiger partial charge in [-0.05, 0) is 41.7 Å². The van der Waals surface area contributed by atoms with Crippen LogP contribution in [-0.4, -0.2) is 31.3 Å². The average Bonchev–Trinajstić information content (AvgIpc) is 2.82. The zero-order chi connectivity index (χ0) is 22.5. The summed E-state index contributed by atoms with van der Waals surface area (Å²) in [5, 5.41) is 9.02. The van der Waals surface area contributed by atoms with Crippen molar-refractivity contribution < 1.29 is 19.1 Å². The summed E-state index contributed by atoms with van der Waals surface area (Å²) in [6, 6.07) is 18.7. The Bertz CT molecular complexity index is 1180. The molecule has 0 saturated carbocycles. The number of anilines is 1. The Morgan fingerprint density at radius 3 is 2.56 bits per heavy atom. The molecule has 0 bridgehead atoms. The fraction of sp³-hybridized carbons (Fsp3) is 0.231. The lowest BCUT2D eigenvalue weighted by Gasteiger charge is -2.21. The summed E-state index contributed by atoms with van der Waals surface area (Å²) in [6.45, 7) is -0.0220. The highest BCUT2D eigenvalue weighted by Gasteiger charge is 2.20. The maximum absolute atomic E-state index is 12.6. The first-order chi connectivity index (χ1) is 15.5. The van der Waals surface area contributed by atoms with E-state index < -0.39 is 5.63 Å². The van der Waals surface area contributed by atoms with Crippen molar-refractivity contribution >= 4 is 17.7 Å². The standard InChI is InChI=1S/C26H25NO5/c1-27(20-9-7-18(8-10-20)13-14-28)25(29)17-31-21-11-12-22-23(19-5-3-2-4-6-19)16-26(30)32-24(22)15-21/h2-10,15-16,28H,11-14,17H2,1H3. The van der Waals surface area contributed by atoms with Crippen molar-refractivity contribution in [3.8, 4) is 11.1 Å². The van der Waals surface area contributed by atoms with Gasteiger partial charge in [0.25, 0.3) is 5.91 Å². The summed E-state index contributed by atoms with van der Waals surface area (Å²) in [5.74, 6) is 0.912. The molecule has 0 unspecified atom stereocenters. The Hall–Kier alpha value is -3.64. The molecule has 0 aliphatic heterocycles. The van der Waals surface area contributed by atoms with E-state index in [9.17, 15) is 9.59 Å². The fourth-order valence-corrected chi connectivity index (χ4v) is 3.78. The van der Waals surface area contributed by atoms with Crippen LogP contribution in [0.4, 0.5) is 5.69 Å². The molecule has 1 heterocycles. The normalized spacial score (nSPS) is 12.6. The summed E-state index contributed by atoms with van der Waals surface area (Å²) in [4.78, 5) is 26.2. The van der Waals surface area contributed by atoms with Gasteiger partial charge in [-0.25, -0.2) is 4.79 Å². The predicted molar refractivity (Wildman–Crippen MR) is 123 cm³/mol. The lowest BCUT2D eigenvalue weighted by molar-refractivity contribution is -0.121. The molecular formula is C26H25NO5. The Morgan fingerprint density at radius 1 is 1.09 bits per heavy atom. The summed E-state index contributed by atoms with van der Waals surface area (Å²) in [6.07, 6.45) is 3.57. The van der Waals surface area contributed by atoms with Crippen molar-refractivity contribution in [3.63, 3.8) is 0 Å². The summed E-state index contributed by atoms with van der Waals surface area (Å²) >= 11 is 0.